The van der Waals surface area contributed by atoms with Gasteiger partial charge in [0.2, 0.25) is 0 Å². The lowest BCUT2D eigenvalue weighted by molar-refractivity contribution is 0.149. The zero-order valence-electron chi connectivity index (χ0n) is 46.9. The molecule has 0 amide bonds. The second-order valence-corrected chi connectivity index (χ2v) is 28.0. The van der Waals surface area contributed by atoms with Gasteiger partial charge >= 0.3 is 6.85 Å². The maximum Gasteiger partial charge on any atom is 0.333 e. The lowest BCUT2D eigenvalue weighted by Gasteiger charge is -2.47. The van der Waals surface area contributed by atoms with E-state index in [9.17, 15) is 0 Å². The molecule has 4 bridgehead atoms. The van der Waals surface area contributed by atoms with Gasteiger partial charge in [-0.3, -0.25) is 0 Å². The molecule has 4 saturated carbocycles. The SMILES string of the molecule is CC(C)(C)c1ccc(N2c3cc4c(cc3B3c5c(cc6ccccc6c52)-c2cc(C56CCCC(CCC5)C6)cc5c6cc(C78CCCC(CCC7)C8)ccc6n3c25)C(C)(C)c2ccccc2C4(C)C)cc1-c1ccccc1. The van der Waals surface area contributed by atoms with Crippen LogP contribution in [0.25, 0.3) is 54.8 Å². The van der Waals surface area contributed by atoms with Crippen LogP contribution in [-0.4, -0.2) is 11.3 Å². The summed E-state index contributed by atoms with van der Waals surface area (Å²) >= 11 is 0. The van der Waals surface area contributed by atoms with Gasteiger partial charge in [-0.2, -0.15) is 0 Å². The highest BCUT2D eigenvalue weighted by atomic mass is 15.2. The summed E-state index contributed by atoms with van der Waals surface area (Å²) in [5, 5.41) is 5.63. The molecule has 0 atom stereocenters. The van der Waals surface area contributed by atoms with E-state index in [0.717, 1.165) is 11.8 Å². The molecule has 2 nitrogen and oxygen atoms in total. The topological polar surface area (TPSA) is 8.17 Å². The summed E-state index contributed by atoms with van der Waals surface area (Å²) in [7, 11) is 0. The van der Waals surface area contributed by atoms with Gasteiger partial charge in [-0.25, -0.2) is 0 Å². The van der Waals surface area contributed by atoms with Gasteiger partial charge in [-0.05, 0) is 187 Å². The van der Waals surface area contributed by atoms with Crippen LogP contribution in [0.1, 0.15) is 177 Å². The van der Waals surface area contributed by atoms with Crippen molar-refractivity contribution in [2.75, 3.05) is 4.90 Å². The Hall–Kier alpha value is -6.32. The molecule has 7 aliphatic rings. The van der Waals surface area contributed by atoms with Crippen molar-refractivity contribution in [2.45, 2.75) is 165 Å². The normalized spacial score (nSPS) is 24.4. The Kier molecular flexibility index (Phi) is 9.80. The third-order valence-electron chi connectivity index (χ3n) is 22.1. The van der Waals surface area contributed by atoms with Crippen molar-refractivity contribution in [3.05, 3.63) is 185 Å². The summed E-state index contributed by atoms with van der Waals surface area (Å²) in [6.07, 6.45) is 19.1. The molecule has 9 aromatic rings. The summed E-state index contributed by atoms with van der Waals surface area (Å²) in [6.45, 7) is 17.1. The summed E-state index contributed by atoms with van der Waals surface area (Å²) in [6, 6.07) is 59.2. The number of nitrogens with zero attached hydrogens (tertiary/aromatic N) is 2. The molecule has 8 aromatic carbocycles. The van der Waals surface area contributed by atoms with Gasteiger partial charge in [0.25, 0.3) is 0 Å². The van der Waals surface area contributed by atoms with Crippen molar-refractivity contribution < 1.29 is 0 Å². The third kappa shape index (κ3) is 6.50. The van der Waals surface area contributed by atoms with Gasteiger partial charge in [-0.15, -0.1) is 0 Å². The van der Waals surface area contributed by atoms with Crippen LogP contribution >= 0.6 is 0 Å². The summed E-state index contributed by atoms with van der Waals surface area (Å²) in [5.74, 6) is 1.73. The predicted molar refractivity (Wildman–Crippen MR) is 327 cm³/mol. The Balaban J connectivity index is 1.05. The first-order valence-corrected chi connectivity index (χ1v) is 30.2. The molecule has 4 fully saturated rings. The highest BCUT2D eigenvalue weighted by Gasteiger charge is 2.50. The van der Waals surface area contributed by atoms with Crippen molar-refractivity contribution >= 4 is 67.4 Å². The van der Waals surface area contributed by atoms with Crippen LogP contribution in [0.3, 0.4) is 0 Å². The quantitative estimate of drug-likeness (QED) is 0.160. The summed E-state index contributed by atoms with van der Waals surface area (Å²) in [4.78, 5) is 2.76. The zero-order valence-corrected chi connectivity index (χ0v) is 46.9. The van der Waals surface area contributed by atoms with Crippen molar-refractivity contribution in [3.8, 4) is 22.3 Å². The predicted octanol–water partition coefficient (Wildman–Crippen LogP) is 18.5. The molecule has 384 valence electrons. The molecule has 2 aliphatic heterocycles. The molecule has 3 heteroatoms. The largest absolute Gasteiger partial charge is 0.375 e. The van der Waals surface area contributed by atoms with Gasteiger partial charge < -0.3 is 9.38 Å². The molecular formula is C74H75BN2. The highest BCUT2D eigenvalue weighted by molar-refractivity contribution is 6.90. The average Bonchev–Trinajstić information content (AvgIpc) is 4.02. The van der Waals surface area contributed by atoms with E-state index in [4.69, 9.17) is 0 Å². The highest BCUT2D eigenvalue weighted by Crippen LogP contribution is 2.58. The van der Waals surface area contributed by atoms with E-state index in [1.165, 1.54) is 201 Å². The fraction of sp³-hybridized carbons (Fsp3) is 0.378. The maximum absolute atomic E-state index is 2.91. The molecule has 0 saturated heterocycles. The smallest absolute Gasteiger partial charge is 0.333 e. The fourth-order valence-corrected chi connectivity index (χ4v) is 18.5. The monoisotopic (exact) mass is 1000 g/mol. The first-order chi connectivity index (χ1) is 37.2. The maximum atomic E-state index is 2.91. The van der Waals surface area contributed by atoms with Gasteiger partial charge in [-0.1, -0.05) is 197 Å². The van der Waals surface area contributed by atoms with E-state index in [0.29, 0.717) is 5.41 Å². The van der Waals surface area contributed by atoms with Gasteiger partial charge in [0, 0.05) is 55.0 Å². The summed E-state index contributed by atoms with van der Waals surface area (Å²) in [5.41, 5.74) is 25.5. The number of hydrogen-bond donors (Lipinski definition) is 0. The van der Waals surface area contributed by atoms with Crippen LogP contribution < -0.4 is 15.8 Å². The number of fused-ring (bicyclic) bond motifs is 15. The Morgan fingerprint density at radius 3 is 1.79 bits per heavy atom. The van der Waals surface area contributed by atoms with Gasteiger partial charge in [0.1, 0.15) is 0 Å². The fourth-order valence-electron chi connectivity index (χ4n) is 18.5. The Morgan fingerprint density at radius 2 is 1.12 bits per heavy atom. The third-order valence-corrected chi connectivity index (χ3v) is 22.1. The number of aromatic nitrogens is 1. The van der Waals surface area contributed by atoms with Crippen molar-refractivity contribution in [2.24, 2.45) is 11.8 Å². The van der Waals surface area contributed by atoms with Crippen LogP contribution in [-0.2, 0) is 27.1 Å². The van der Waals surface area contributed by atoms with Crippen LogP contribution in [0.4, 0.5) is 17.1 Å². The standard InChI is InChI=1S/C74H75BN2/c1-70(2,3)59-31-30-52(41-54(59)48-23-9-8-10-24-48)76-66-43-63-62(71(4,5)60-27-13-14-28-61(60)72(63,6)7)42-64(66)75-67-56(37-49-25-11-12-26-53(49)69(67)76)58-40-51(74-35-17-21-47(45-74)22-18-36-74)39-57-55-38-50(29-32-65(55)77(75)68(57)58)73-33-15-19-46(44-73)20-16-34-73/h8-14,23-32,37-43,46-47H,15-22,33-36,44-45H2,1-7H3. The van der Waals surface area contributed by atoms with E-state index >= 15 is 0 Å². The van der Waals surface area contributed by atoms with E-state index in [1.807, 2.05) is 0 Å². The molecule has 16 rings (SSSR count). The Labute approximate surface area is 458 Å². The van der Waals surface area contributed by atoms with Crippen LogP contribution in [0.5, 0.6) is 0 Å². The van der Waals surface area contributed by atoms with Crippen molar-refractivity contribution in [1.29, 1.82) is 0 Å². The molecular weight excluding hydrogens is 928 g/mol. The second-order valence-electron chi connectivity index (χ2n) is 28.0. The zero-order chi connectivity index (χ0) is 52.0. The number of hydrogen-bond acceptors (Lipinski definition) is 1. The molecule has 0 N–H and O–H groups in total. The van der Waals surface area contributed by atoms with Gasteiger partial charge in [0.05, 0.1) is 5.69 Å². The molecule has 5 aliphatic carbocycles. The second kappa shape index (κ2) is 16.1. The minimum atomic E-state index is -0.218. The Morgan fingerprint density at radius 1 is 0.506 bits per heavy atom. The van der Waals surface area contributed by atoms with Crippen LogP contribution in [0.2, 0.25) is 0 Å². The molecule has 0 unspecified atom stereocenters. The van der Waals surface area contributed by atoms with Crippen LogP contribution in [0, 0.1) is 11.8 Å². The number of anilines is 3. The molecule has 0 spiro atoms. The molecule has 0 radical (unpaired) electrons. The van der Waals surface area contributed by atoms with E-state index in [1.54, 1.807) is 11.1 Å². The molecule has 77 heavy (non-hydrogen) atoms. The number of rotatable bonds is 4. The lowest BCUT2D eigenvalue weighted by atomic mass is 9.43. The first-order valence-electron chi connectivity index (χ1n) is 30.2. The minimum Gasteiger partial charge on any atom is -0.375 e. The van der Waals surface area contributed by atoms with Crippen LogP contribution in [0.15, 0.2) is 146 Å². The Bertz CT molecular complexity index is 3950. The summed E-state index contributed by atoms with van der Waals surface area (Å²) < 4.78 is 2.91. The van der Waals surface area contributed by atoms with Crippen molar-refractivity contribution in [1.82, 2.24) is 4.48 Å². The van der Waals surface area contributed by atoms with Crippen molar-refractivity contribution in [3.63, 3.8) is 0 Å². The molecule has 1 aromatic heterocycles. The van der Waals surface area contributed by atoms with Gasteiger partial charge in [0.15, 0.2) is 0 Å². The average molecular weight is 1000 g/mol. The van der Waals surface area contributed by atoms with E-state index in [2.05, 4.69) is 203 Å². The first kappa shape index (κ1) is 46.8. The lowest BCUT2D eigenvalue weighted by Crippen LogP contribution is -2.57. The van der Waals surface area contributed by atoms with E-state index < -0.39 is 0 Å². The minimum absolute atomic E-state index is 0.0392. The van der Waals surface area contributed by atoms with E-state index in [-0.39, 0.29) is 28.5 Å². The number of benzene rings is 8. The molecule has 3 heterocycles.